The summed E-state index contributed by atoms with van der Waals surface area (Å²) in [6.45, 7) is 31.8. The van der Waals surface area contributed by atoms with Gasteiger partial charge in [0.25, 0.3) is 0 Å². The first-order chi connectivity index (χ1) is 64.5. The molecule has 4 aliphatic carbocycles. The van der Waals surface area contributed by atoms with Crippen molar-refractivity contribution in [3.05, 3.63) is 36.0 Å². The Morgan fingerprint density at radius 2 is 1.01 bits per heavy atom. The average molecular weight is 1940 g/mol. The van der Waals surface area contributed by atoms with Crippen LogP contribution in [0.5, 0.6) is 0 Å². The lowest BCUT2D eigenvalue weighted by atomic mass is 9.46. The maximum atomic E-state index is 15.9. The third kappa shape index (κ3) is 32.1. The number of hydrogen-bond donors (Lipinski definition) is 2. The maximum Gasteiger partial charge on any atom is 0.511 e. The molecule has 0 spiro atoms. The van der Waals surface area contributed by atoms with Gasteiger partial charge < -0.3 is 72.9 Å². The van der Waals surface area contributed by atoms with Crippen LogP contribution in [0.15, 0.2) is 36.0 Å². The highest BCUT2D eigenvalue weighted by atomic mass is 16.8. The van der Waals surface area contributed by atoms with Gasteiger partial charge in [0.15, 0.2) is 29.7 Å². The molecule has 1 heterocycles. The standard InChI is InChI=1S/C105H167N7O26/c1-27-29-36-68(15)95(138-102(131)137-61-136-89(122)38-33-31-34-47-133-88(121)37-32-30-35-48-134-90(123)41-42-91(124)135-60-86(119)105(132)46-44-76-74-40-39-72-56-73(113)43-45-103(72,18)92(74)85(118)58-104(76,105)19)94-84(117)55-71(28-2)97(126)106(20)59-87(120)107(21)77(49-62(3)4)83(116)57-75(66(11)12)98(127)108(22)78(50-63(5)6)82(115)53-69(16)81(114)54-70(17)96(125)109(23)79(51-64(7)8)99(128)110(24)80(52-65(9)10)100(129)111(25)93(67(13)14)101(130)112(94)26/h27,29,43,45,56,62-71,74-80,85,92-95,118,132H,28,30-42,44,46-55,57-61H2,1-26H3/b29-27+/t68-,69+,70-,71+,74?,75-,76?,77+,78-,79-,80-,85+,92?,93-,94+,95-,103+,104+,105+/m1/s1. The summed E-state index contributed by atoms with van der Waals surface area (Å²) in [5.74, 6) is -17.0. The number of allylic oxidation sites excluding steroid dienone is 6. The van der Waals surface area contributed by atoms with Gasteiger partial charge in [-0.1, -0.05) is 148 Å². The summed E-state index contributed by atoms with van der Waals surface area (Å²) in [5.41, 5.74) is -2.36. The van der Waals surface area contributed by atoms with Crippen LogP contribution in [0.4, 0.5) is 4.79 Å². The van der Waals surface area contributed by atoms with E-state index in [4.69, 9.17) is 28.4 Å². The van der Waals surface area contributed by atoms with Gasteiger partial charge in [0.2, 0.25) is 53.9 Å². The summed E-state index contributed by atoms with van der Waals surface area (Å²) < 4.78 is 32.8. The lowest BCUT2D eigenvalue weighted by Gasteiger charge is -2.59. The minimum absolute atomic E-state index is 0.000384. The fraction of sp³-hybridized carbons (Fsp3) is 0.771. The number of rotatable bonds is 36. The average Bonchev–Trinajstić information content (AvgIpc) is 1.50. The number of unbranched alkanes of at least 4 members (excludes halogenated alkanes) is 4. The Hall–Kier alpha value is -9.40. The van der Waals surface area contributed by atoms with E-state index in [2.05, 4.69) is 0 Å². The zero-order valence-electron chi connectivity index (χ0n) is 87.6. The molecule has 0 aromatic carbocycles. The number of Topliss-reactive ketones (excluding diaryl/α,β-unsaturated/α-hetero) is 5. The number of aliphatic hydroxyl groups excluding tert-OH is 1. The highest BCUT2D eigenvalue weighted by Crippen LogP contribution is 2.67. The van der Waals surface area contributed by atoms with E-state index in [1.165, 1.54) is 73.8 Å². The van der Waals surface area contributed by atoms with Gasteiger partial charge >= 0.3 is 30.0 Å². The number of esters is 4. The Morgan fingerprint density at radius 1 is 0.514 bits per heavy atom. The van der Waals surface area contributed by atoms with Gasteiger partial charge in [-0.15, -0.1) is 0 Å². The van der Waals surface area contributed by atoms with E-state index in [9.17, 15) is 77.3 Å². The summed E-state index contributed by atoms with van der Waals surface area (Å²) >= 11 is 0. The molecule has 3 unspecified atom stereocenters. The predicted molar refractivity (Wildman–Crippen MR) is 516 cm³/mol. The lowest BCUT2D eigenvalue weighted by molar-refractivity contribution is -0.181. The smallest absolute Gasteiger partial charge is 0.466 e. The van der Waals surface area contributed by atoms with Crippen molar-refractivity contribution in [2.24, 2.45) is 93.7 Å². The first-order valence-electron chi connectivity index (χ1n) is 50.4. The number of likely N-dealkylation sites (N-methyl/N-ethyl adjacent to an activating group) is 7. The monoisotopic (exact) mass is 1940 g/mol. The number of amides is 7. The highest BCUT2D eigenvalue weighted by molar-refractivity contribution is 6.02. The van der Waals surface area contributed by atoms with Crippen LogP contribution in [-0.4, -0.2) is 287 Å². The molecule has 5 rings (SSSR count). The van der Waals surface area contributed by atoms with Crippen molar-refractivity contribution in [2.75, 3.05) is 82.5 Å². The van der Waals surface area contributed by atoms with Crippen LogP contribution in [0.2, 0.25) is 0 Å². The van der Waals surface area contributed by atoms with Crippen molar-refractivity contribution in [2.45, 2.75) is 346 Å². The van der Waals surface area contributed by atoms with Gasteiger partial charge in [0.05, 0.1) is 50.8 Å². The van der Waals surface area contributed by atoms with Crippen molar-refractivity contribution < 1.29 is 125 Å². The van der Waals surface area contributed by atoms with E-state index in [0.29, 0.717) is 51.4 Å². The van der Waals surface area contributed by atoms with Crippen molar-refractivity contribution in [1.29, 1.82) is 0 Å². The van der Waals surface area contributed by atoms with Gasteiger partial charge in [0, 0.05) is 128 Å². The number of fused-ring (bicyclic) bond motifs is 5. The molecule has 0 aromatic rings. The number of carbonyl (C=O) groups excluding carboxylic acids is 18. The summed E-state index contributed by atoms with van der Waals surface area (Å²) in [5, 5.41) is 23.8. The molecule has 33 heteroatoms. The molecule has 0 aromatic heterocycles. The fourth-order valence-electron chi connectivity index (χ4n) is 21.2. The SMILES string of the molecule is C/C=C/C[C@@H](C)[C@@H](OC(=O)OCOC(=O)CCCCCOC(=O)CCCCCOC(=O)CCC(=O)OCC(=O)[C@@]1(O)CCC2C3CCC4=CC(=O)C=C[C@]4(C)C3[C@@H](O)C[C@@]21C)[C@@H]1C(=O)C[C@H](CC)C(=O)N(C)CC(=O)N(C)[C@@H](CC(C)C)C(=O)C[C@H](C(C)C)C(=O)N(C)[C@H](CC(C)C)C(=O)C[C@H](C)C(=O)C[C@@H](C)C(=O)N(C)[C@H](CC(C)C)C(=O)N(C)[C@H](CC(C)C)C(=O)N(C)[C@H](C(C)C)C(=O)N1C. The van der Waals surface area contributed by atoms with Gasteiger partial charge in [-0.05, 0) is 181 Å². The molecule has 0 bridgehead atoms. The number of nitrogens with zero attached hydrogens (tertiary/aromatic N) is 7. The quantitative estimate of drug-likeness (QED) is 0.0193. The second kappa shape index (κ2) is 54.6. The van der Waals surface area contributed by atoms with Crippen LogP contribution < -0.4 is 0 Å². The van der Waals surface area contributed by atoms with Crippen molar-refractivity contribution >= 4 is 106 Å². The van der Waals surface area contributed by atoms with Crippen LogP contribution >= 0.6 is 0 Å². The molecule has 1 aliphatic heterocycles. The van der Waals surface area contributed by atoms with E-state index in [0.717, 1.165) is 15.4 Å². The Labute approximate surface area is 819 Å². The number of aliphatic hydroxyl groups is 2. The zero-order chi connectivity index (χ0) is 104. The van der Waals surface area contributed by atoms with E-state index in [1.807, 2.05) is 75.3 Å². The topological polar surface area (TPSA) is 426 Å². The third-order valence-corrected chi connectivity index (χ3v) is 29.5. The summed E-state index contributed by atoms with van der Waals surface area (Å²) in [4.78, 5) is 266. The minimum atomic E-state index is -1.85. The van der Waals surface area contributed by atoms with Crippen molar-refractivity contribution in [1.82, 2.24) is 34.3 Å². The molecular weight excluding hydrogens is 1780 g/mol. The van der Waals surface area contributed by atoms with Crippen LogP contribution in [0, 0.1) is 93.7 Å². The highest BCUT2D eigenvalue weighted by Gasteiger charge is 2.68. The molecule has 778 valence electrons. The van der Waals surface area contributed by atoms with Crippen LogP contribution in [0.25, 0.3) is 0 Å². The van der Waals surface area contributed by atoms with Crippen LogP contribution in [-0.2, 0) is 110 Å². The van der Waals surface area contributed by atoms with E-state index in [1.54, 1.807) is 86.6 Å². The van der Waals surface area contributed by atoms with Crippen LogP contribution in [0.1, 0.15) is 292 Å². The first kappa shape index (κ1) is 119. The van der Waals surface area contributed by atoms with E-state index in [-0.39, 0.29) is 163 Å². The van der Waals surface area contributed by atoms with E-state index < -0.39 is 233 Å². The van der Waals surface area contributed by atoms with E-state index >= 15 is 19.2 Å². The van der Waals surface area contributed by atoms with Gasteiger partial charge in [-0.3, -0.25) is 81.5 Å². The Bertz CT molecular complexity index is 4340. The second-order valence-electron chi connectivity index (χ2n) is 42.7. The summed E-state index contributed by atoms with van der Waals surface area (Å²) in [7, 11) is 9.94. The molecule has 19 atom stereocenters. The number of carbonyl (C=O) groups is 18. The molecule has 1 saturated heterocycles. The summed E-state index contributed by atoms with van der Waals surface area (Å²) in [6, 6.07) is -7.69. The molecular formula is C105H167N7O26. The number of ketones is 6. The minimum Gasteiger partial charge on any atom is -0.466 e. The van der Waals surface area contributed by atoms with Gasteiger partial charge in [-0.2, -0.15) is 0 Å². The molecule has 5 aliphatic rings. The zero-order valence-corrected chi connectivity index (χ0v) is 87.6. The molecule has 0 radical (unpaired) electrons. The maximum absolute atomic E-state index is 15.9. The molecule has 4 fully saturated rings. The molecule has 138 heavy (non-hydrogen) atoms. The molecule has 33 nitrogen and oxygen atoms in total. The Kier molecular flexibility index (Phi) is 47.1. The Balaban J connectivity index is 1.28. The Morgan fingerprint density at radius 3 is 1.54 bits per heavy atom. The second-order valence-corrected chi connectivity index (χ2v) is 42.7. The first-order valence-corrected chi connectivity index (χ1v) is 50.4. The molecule has 2 N–H and O–H groups in total. The van der Waals surface area contributed by atoms with Gasteiger partial charge in [-0.25, -0.2) is 4.79 Å². The largest absolute Gasteiger partial charge is 0.511 e. The summed E-state index contributed by atoms with van der Waals surface area (Å²) in [6.07, 6.45) is 7.82. The number of hydrogen-bond acceptors (Lipinski definition) is 26. The lowest BCUT2D eigenvalue weighted by Crippen LogP contribution is -2.62. The van der Waals surface area contributed by atoms with Crippen molar-refractivity contribution in [3.63, 3.8) is 0 Å². The number of ether oxygens (including phenoxy) is 6. The normalized spacial score (nSPS) is 28.4. The van der Waals surface area contributed by atoms with Crippen molar-refractivity contribution in [3.8, 4) is 0 Å². The molecule has 7 amide bonds. The molecule has 3 saturated carbocycles. The third-order valence-electron chi connectivity index (χ3n) is 29.5. The van der Waals surface area contributed by atoms with Crippen LogP contribution in [0.3, 0.4) is 0 Å². The predicted octanol–water partition coefficient (Wildman–Crippen LogP) is 12.4. The van der Waals surface area contributed by atoms with Gasteiger partial charge in [0.1, 0.15) is 41.7 Å². The fourth-order valence-corrected chi connectivity index (χ4v) is 21.2.